The summed E-state index contributed by atoms with van der Waals surface area (Å²) in [5.41, 5.74) is 0.354. The number of piperazine rings is 1. The molecule has 0 aromatic heterocycles. The van der Waals surface area contributed by atoms with Gasteiger partial charge in [-0.2, -0.15) is 4.31 Å². The second kappa shape index (κ2) is 8.35. The lowest BCUT2D eigenvalue weighted by molar-refractivity contribution is -0.895. The van der Waals surface area contributed by atoms with Crippen LogP contribution in [0, 0.1) is 5.82 Å². The van der Waals surface area contributed by atoms with E-state index in [0.29, 0.717) is 31.9 Å². The predicted molar refractivity (Wildman–Crippen MR) is 101 cm³/mol. The number of amides is 1. The highest BCUT2D eigenvalue weighted by atomic mass is 35.5. The monoisotopic (exact) mass is 412 g/mol. The van der Waals surface area contributed by atoms with Crippen molar-refractivity contribution in [2.75, 3.05) is 38.0 Å². The van der Waals surface area contributed by atoms with E-state index in [1.807, 2.05) is 0 Å². The van der Waals surface area contributed by atoms with Crippen molar-refractivity contribution in [1.82, 2.24) is 4.31 Å². The Labute approximate surface area is 162 Å². The molecule has 0 spiro atoms. The molecule has 9 heteroatoms. The molecule has 0 aliphatic carbocycles. The number of sulfonamides is 1. The van der Waals surface area contributed by atoms with E-state index in [0.717, 1.165) is 11.0 Å². The molecule has 1 aliphatic heterocycles. The molecule has 0 saturated carbocycles. The van der Waals surface area contributed by atoms with Crippen LogP contribution in [0.5, 0.6) is 0 Å². The van der Waals surface area contributed by atoms with Crippen LogP contribution in [0.3, 0.4) is 0 Å². The maximum Gasteiger partial charge on any atom is 0.279 e. The van der Waals surface area contributed by atoms with Gasteiger partial charge in [0, 0.05) is 0 Å². The standard InChI is InChI=1S/C18H19ClFN3O3S/c19-16-12-14(20)6-7-17(16)21-18(24)13-22-8-10-23(11-9-22)27(25,26)15-4-2-1-3-5-15/h1-7,12H,8-11,13H2,(H,21,24)/p+1. The Kier molecular flexibility index (Phi) is 6.11. The van der Waals surface area contributed by atoms with Crippen LogP contribution in [0.25, 0.3) is 0 Å². The number of rotatable bonds is 5. The van der Waals surface area contributed by atoms with E-state index in [9.17, 15) is 17.6 Å². The van der Waals surface area contributed by atoms with Gasteiger partial charge in [0.15, 0.2) is 6.54 Å². The van der Waals surface area contributed by atoms with Gasteiger partial charge in [0.25, 0.3) is 5.91 Å². The number of benzene rings is 2. The van der Waals surface area contributed by atoms with Crippen LogP contribution in [0.1, 0.15) is 0 Å². The van der Waals surface area contributed by atoms with E-state index >= 15 is 0 Å². The van der Waals surface area contributed by atoms with E-state index in [1.54, 1.807) is 30.3 Å². The third kappa shape index (κ3) is 4.84. The first-order chi connectivity index (χ1) is 12.9. The highest BCUT2D eigenvalue weighted by Gasteiger charge is 2.31. The molecule has 0 radical (unpaired) electrons. The molecular formula is C18H20ClFN3O3S+. The zero-order valence-corrected chi connectivity index (χ0v) is 16.1. The molecule has 2 aromatic carbocycles. The average Bonchev–Trinajstić information content (AvgIpc) is 2.65. The van der Waals surface area contributed by atoms with E-state index in [2.05, 4.69) is 5.32 Å². The summed E-state index contributed by atoms with van der Waals surface area (Å²) >= 11 is 5.91. The summed E-state index contributed by atoms with van der Waals surface area (Å²) in [6.45, 7) is 1.93. The van der Waals surface area contributed by atoms with Crippen molar-refractivity contribution in [3.8, 4) is 0 Å². The van der Waals surface area contributed by atoms with Gasteiger partial charge in [-0.1, -0.05) is 29.8 Å². The van der Waals surface area contributed by atoms with Crippen molar-refractivity contribution in [3.63, 3.8) is 0 Å². The number of hydrogen-bond donors (Lipinski definition) is 2. The van der Waals surface area contributed by atoms with Crippen LogP contribution in [0.15, 0.2) is 53.4 Å². The minimum absolute atomic E-state index is 0.136. The van der Waals surface area contributed by atoms with Crippen LogP contribution in [0.2, 0.25) is 5.02 Å². The minimum atomic E-state index is -3.51. The molecule has 2 aromatic rings. The van der Waals surface area contributed by atoms with Crippen molar-refractivity contribution < 1.29 is 22.5 Å². The summed E-state index contributed by atoms with van der Waals surface area (Å²) in [6, 6.07) is 12.1. The summed E-state index contributed by atoms with van der Waals surface area (Å²) in [7, 11) is -3.51. The van der Waals surface area contributed by atoms with E-state index in [1.165, 1.54) is 16.4 Å². The Morgan fingerprint density at radius 1 is 1.15 bits per heavy atom. The van der Waals surface area contributed by atoms with Gasteiger partial charge in [-0.25, -0.2) is 12.8 Å². The average molecular weight is 413 g/mol. The fraction of sp³-hybridized carbons (Fsp3) is 0.278. The maximum absolute atomic E-state index is 13.1. The van der Waals surface area contributed by atoms with Crippen molar-refractivity contribution in [1.29, 1.82) is 0 Å². The molecule has 1 saturated heterocycles. The van der Waals surface area contributed by atoms with Crippen molar-refractivity contribution in [2.45, 2.75) is 4.90 Å². The first-order valence-electron chi connectivity index (χ1n) is 8.50. The lowest BCUT2D eigenvalue weighted by Gasteiger charge is -2.31. The van der Waals surface area contributed by atoms with Crippen molar-refractivity contribution in [3.05, 3.63) is 59.4 Å². The largest absolute Gasteiger partial charge is 0.325 e. The number of nitrogens with zero attached hydrogens (tertiary/aromatic N) is 1. The molecule has 1 amide bonds. The highest BCUT2D eigenvalue weighted by Crippen LogP contribution is 2.22. The molecule has 27 heavy (non-hydrogen) atoms. The van der Waals surface area contributed by atoms with Crippen LogP contribution in [-0.4, -0.2) is 51.4 Å². The zero-order chi connectivity index (χ0) is 19.4. The maximum atomic E-state index is 13.1. The van der Waals surface area contributed by atoms with Gasteiger partial charge in [0.1, 0.15) is 5.82 Å². The number of carbonyl (C=O) groups excluding carboxylic acids is 1. The number of nitrogens with one attached hydrogen (secondary N) is 2. The summed E-state index contributed by atoms with van der Waals surface area (Å²) in [5.74, 6) is -0.725. The number of carbonyl (C=O) groups is 1. The van der Waals surface area contributed by atoms with Gasteiger partial charge in [-0.15, -0.1) is 0 Å². The minimum Gasteiger partial charge on any atom is -0.325 e. The third-order valence-corrected chi connectivity index (χ3v) is 6.65. The van der Waals surface area contributed by atoms with Crippen LogP contribution in [-0.2, 0) is 14.8 Å². The molecule has 0 atom stereocenters. The number of hydrogen-bond acceptors (Lipinski definition) is 3. The Bertz CT molecular complexity index is 917. The molecule has 3 rings (SSSR count). The van der Waals surface area contributed by atoms with Crippen LogP contribution in [0.4, 0.5) is 10.1 Å². The fourth-order valence-electron chi connectivity index (χ4n) is 2.97. The number of halogens is 2. The first kappa shape index (κ1) is 19.8. The van der Waals surface area contributed by atoms with Gasteiger partial charge >= 0.3 is 0 Å². The number of quaternary nitrogens is 1. The summed E-state index contributed by atoms with van der Waals surface area (Å²) in [5, 5.41) is 2.80. The Balaban J connectivity index is 1.54. The van der Waals surface area contributed by atoms with Gasteiger partial charge in [-0.05, 0) is 30.3 Å². The lowest BCUT2D eigenvalue weighted by atomic mass is 10.3. The molecule has 0 unspecified atom stereocenters. The topological polar surface area (TPSA) is 70.9 Å². The normalized spacial score (nSPS) is 16.2. The molecule has 6 nitrogen and oxygen atoms in total. The van der Waals surface area contributed by atoms with Gasteiger partial charge < -0.3 is 10.2 Å². The van der Waals surface area contributed by atoms with E-state index < -0.39 is 15.8 Å². The van der Waals surface area contributed by atoms with Crippen molar-refractivity contribution >= 4 is 33.2 Å². The molecule has 144 valence electrons. The van der Waals surface area contributed by atoms with Gasteiger partial charge in [-0.3, -0.25) is 4.79 Å². The second-order valence-electron chi connectivity index (χ2n) is 6.32. The molecule has 0 bridgehead atoms. The molecular weight excluding hydrogens is 393 g/mol. The Morgan fingerprint density at radius 2 is 1.81 bits per heavy atom. The smallest absolute Gasteiger partial charge is 0.279 e. The SMILES string of the molecule is O=C(C[NH+]1CCN(S(=O)(=O)c2ccccc2)CC1)Nc1ccc(F)cc1Cl. The Hall–Kier alpha value is -2.00. The first-order valence-corrected chi connectivity index (χ1v) is 10.3. The predicted octanol–water partition coefficient (Wildman–Crippen LogP) is 1.01. The van der Waals surface area contributed by atoms with Crippen molar-refractivity contribution in [2.24, 2.45) is 0 Å². The van der Waals surface area contributed by atoms with Gasteiger partial charge in [0.2, 0.25) is 10.0 Å². The van der Waals surface area contributed by atoms with Crippen LogP contribution < -0.4 is 10.2 Å². The fourth-order valence-corrected chi connectivity index (χ4v) is 4.65. The Morgan fingerprint density at radius 3 is 2.44 bits per heavy atom. The molecule has 1 fully saturated rings. The van der Waals surface area contributed by atoms with E-state index in [-0.39, 0.29) is 22.4 Å². The molecule has 1 heterocycles. The van der Waals surface area contributed by atoms with E-state index in [4.69, 9.17) is 11.6 Å². The third-order valence-electron chi connectivity index (χ3n) is 4.43. The van der Waals surface area contributed by atoms with Gasteiger partial charge in [0.05, 0.1) is 41.8 Å². The summed E-state index contributed by atoms with van der Waals surface area (Å²) < 4.78 is 39.7. The lowest BCUT2D eigenvalue weighted by Crippen LogP contribution is -3.15. The molecule has 1 aliphatic rings. The second-order valence-corrected chi connectivity index (χ2v) is 8.66. The number of anilines is 1. The summed E-state index contributed by atoms with van der Waals surface area (Å²) in [4.78, 5) is 13.5. The van der Waals surface area contributed by atoms with Crippen LogP contribution >= 0.6 is 11.6 Å². The summed E-state index contributed by atoms with van der Waals surface area (Å²) in [6.07, 6.45) is 0. The quantitative estimate of drug-likeness (QED) is 0.770. The zero-order valence-electron chi connectivity index (χ0n) is 14.5. The highest BCUT2D eigenvalue weighted by molar-refractivity contribution is 7.89. The molecule has 2 N–H and O–H groups in total.